The van der Waals surface area contributed by atoms with Gasteiger partial charge in [-0.15, -0.1) is 0 Å². The molecule has 1 aromatic carbocycles. The van der Waals surface area contributed by atoms with Gasteiger partial charge in [0.05, 0.1) is 5.56 Å². The second-order valence-electron chi connectivity index (χ2n) is 2.61. The minimum absolute atomic E-state index is 0. The summed E-state index contributed by atoms with van der Waals surface area (Å²) >= 11 is 0. The van der Waals surface area contributed by atoms with E-state index < -0.39 is 11.7 Å². The third-order valence-electron chi connectivity index (χ3n) is 1.55. The van der Waals surface area contributed by atoms with E-state index in [1.165, 1.54) is 12.1 Å². The fourth-order valence-corrected chi connectivity index (χ4v) is 0.883. The van der Waals surface area contributed by atoms with Crippen molar-refractivity contribution in [2.45, 2.75) is 13.1 Å². The van der Waals surface area contributed by atoms with Crippen LogP contribution in [0, 0.1) is 39.9 Å². The first-order chi connectivity index (χ1) is 11.5. The zero-order chi connectivity index (χ0) is 20.6. The molecule has 0 aromatic heterocycles. The zero-order valence-corrected chi connectivity index (χ0v) is 13.8. The van der Waals surface area contributed by atoms with Crippen LogP contribution in [0.2, 0.25) is 0 Å². The summed E-state index contributed by atoms with van der Waals surface area (Å²) in [7, 11) is 0. The van der Waals surface area contributed by atoms with Crippen LogP contribution in [0.5, 0.6) is 0 Å². The van der Waals surface area contributed by atoms with E-state index in [1.54, 1.807) is 6.92 Å². The largest absolute Gasteiger partial charge is 0 e. The van der Waals surface area contributed by atoms with Crippen molar-refractivity contribution in [1.82, 2.24) is 0 Å². The van der Waals surface area contributed by atoms with Gasteiger partial charge in [0, 0.05) is 24.0 Å². The van der Waals surface area contributed by atoms with Crippen LogP contribution in [-0.2, 0) is 51.5 Å². The molecule has 0 atom stereocenters. The predicted octanol–water partition coefficient (Wildman–Crippen LogP) is 2.94. The van der Waals surface area contributed by atoms with Crippen molar-refractivity contribution in [3.63, 3.8) is 0 Å². The smallest absolute Gasteiger partial charge is 0 e. The first-order valence-electron chi connectivity index (χ1n) is 5.11. The fraction of sp³-hybridized carbons (Fsp3) is 0.200. The average Bonchev–Trinajstić information content (AvgIpc) is 2.68. The SMILES string of the molecule is CCO[C]c1ccc(C(F)(F)F)cc1.[C-]#[O+].[C-]#[O+].[C-]#[O+].[C-]#[O+].[C-]#[O+].[Cr]. The van der Waals surface area contributed by atoms with Crippen molar-refractivity contribution < 1.29 is 58.5 Å². The molecule has 0 amide bonds. The summed E-state index contributed by atoms with van der Waals surface area (Å²) in [5.74, 6) is 0. The molecule has 1 aromatic rings. The molecule has 6 nitrogen and oxygen atoms in total. The number of halogens is 3. The Kier molecular flexibility index (Phi) is 52.1. The molecule has 0 aliphatic heterocycles. The van der Waals surface area contributed by atoms with Crippen LogP contribution in [0.25, 0.3) is 0 Å². The zero-order valence-electron chi connectivity index (χ0n) is 12.5. The van der Waals surface area contributed by atoms with Crippen LogP contribution >= 0.6 is 0 Å². The Morgan fingerprint density at radius 3 is 1.40 bits per heavy atom. The Balaban J connectivity index is -0.0000000708. The molecule has 1 rings (SSSR count). The van der Waals surface area contributed by atoms with Crippen molar-refractivity contribution >= 4 is 0 Å². The van der Waals surface area contributed by atoms with Gasteiger partial charge in [-0.25, -0.2) is 0 Å². The molecule has 0 saturated heterocycles. The van der Waals surface area contributed by atoms with E-state index in [9.17, 15) is 13.2 Å². The van der Waals surface area contributed by atoms with E-state index in [2.05, 4.69) is 39.9 Å². The van der Waals surface area contributed by atoms with Gasteiger partial charge in [0.1, 0.15) is 0 Å². The summed E-state index contributed by atoms with van der Waals surface area (Å²) in [5.41, 5.74) is -0.167. The van der Waals surface area contributed by atoms with Crippen LogP contribution in [-0.4, -0.2) is 6.61 Å². The quantitative estimate of drug-likeness (QED) is 0.570. The van der Waals surface area contributed by atoms with Crippen LogP contribution in [0.3, 0.4) is 0 Å². The second kappa shape index (κ2) is 33.7. The van der Waals surface area contributed by atoms with E-state index in [1.807, 2.05) is 0 Å². The normalized spacial score (nSPS) is 6.96. The van der Waals surface area contributed by atoms with Gasteiger partial charge in [0.2, 0.25) is 0 Å². The molecule has 0 saturated carbocycles. The monoisotopic (exact) mass is 394 g/mol. The van der Waals surface area contributed by atoms with Crippen molar-refractivity contribution in [1.29, 1.82) is 0 Å². The summed E-state index contributed by atoms with van der Waals surface area (Å²) in [5, 5.41) is 0. The second-order valence-corrected chi connectivity index (χ2v) is 2.61. The van der Waals surface area contributed by atoms with Gasteiger partial charge in [-0.1, -0.05) is 12.1 Å². The van der Waals surface area contributed by atoms with Gasteiger partial charge in [-0.05, 0) is 24.6 Å². The van der Waals surface area contributed by atoms with Crippen molar-refractivity contribution in [2.24, 2.45) is 0 Å². The van der Waals surface area contributed by atoms with Gasteiger partial charge >= 0.3 is 62.7 Å². The standard InChI is InChI=1S/C10H9F3O.5CO.Cr/c1-2-14-7-8-3-5-9(6-4-8)10(11,12)13;5*1-2;/h3-6H,2H2,1H3;;;;;;. The van der Waals surface area contributed by atoms with Crippen LogP contribution in [0.4, 0.5) is 13.2 Å². The van der Waals surface area contributed by atoms with Crippen LogP contribution in [0.15, 0.2) is 24.3 Å². The fourth-order valence-electron chi connectivity index (χ4n) is 0.883. The number of alkyl halides is 3. The predicted molar refractivity (Wildman–Crippen MR) is 65.1 cm³/mol. The molecular formula is C15H9CrF3O6. The van der Waals surface area contributed by atoms with Gasteiger partial charge in [0.15, 0.2) is 6.61 Å². The third kappa shape index (κ3) is 27.3. The average molecular weight is 394 g/mol. The Morgan fingerprint density at radius 2 is 1.16 bits per heavy atom. The topological polar surface area (TPSA) is 109 Å². The van der Waals surface area contributed by atoms with E-state index >= 15 is 0 Å². The Labute approximate surface area is 154 Å². The molecule has 0 bridgehead atoms. The molecule has 0 aliphatic rings. The van der Waals surface area contributed by atoms with Crippen molar-refractivity contribution in [2.75, 3.05) is 6.61 Å². The van der Waals surface area contributed by atoms with Gasteiger partial charge in [-0.3, -0.25) is 0 Å². The minimum Gasteiger partial charge on any atom is 0 e. The molecule has 2 radical (unpaired) electrons. The number of rotatable bonds is 3. The first-order valence-corrected chi connectivity index (χ1v) is 5.11. The van der Waals surface area contributed by atoms with E-state index in [-0.39, 0.29) is 17.4 Å². The first kappa shape index (κ1) is 38.7. The van der Waals surface area contributed by atoms with Gasteiger partial charge in [0.25, 0.3) is 0 Å². The molecule has 0 fully saturated rings. The maximum Gasteiger partial charge on any atom is 0 e. The molecule has 0 spiro atoms. The molecule has 132 valence electrons. The maximum atomic E-state index is 12.1. The van der Waals surface area contributed by atoms with Crippen LogP contribution in [0.1, 0.15) is 18.1 Å². The summed E-state index contributed by atoms with van der Waals surface area (Å²) in [6, 6.07) is 4.64. The summed E-state index contributed by atoms with van der Waals surface area (Å²) in [4.78, 5) is 0. The molecule has 0 aliphatic carbocycles. The summed E-state index contributed by atoms with van der Waals surface area (Å²) < 4.78 is 78.7. The summed E-state index contributed by atoms with van der Waals surface area (Å²) in [6.45, 7) is 27.2. The van der Waals surface area contributed by atoms with E-state index in [4.69, 9.17) is 28.0 Å². The van der Waals surface area contributed by atoms with Crippen molar-refractivity contribution in [3.8, 4) is 0 Å². The Hall–Kier alpha value is -1.80. The maximum absolute atomic E-state index is 12.1. The van der Waals surface area contributed by atoms with E-state index in [0.717, 1.165) is 12.1 Å². The molecule has 0 heterocycles. The molecule has 0 N–H and O–H groups in total. The summed E-state index contributed by atoms with van der Waals surface area (Å²) in [6.07, 6.45) is -4.29. The number of ether oxygens (including phenoxy) is 1. The van der Waals surface area contributed by atoms with Gasteiger partial charge < -0.3 is 4.74 Å². The van der Waals surface area contributed by atoms with E-state index in [0.29, 0.717) is 12.2 Å². The molecule has 25 heavy (non-hydrogen) atoms. The molecular weight excluding hydrogens is 385 g/mol. The van der Waals surface area contributed by atoms with Crippen LogP contribution < -0.4 is 0 Å². The number of benzene rings is 1. The number of hydrogen-bond acceptors (Lipinski definition) is 1. The molecule has 10 heteroatoms. The van der Waals surface area contributed by atoms with Crippen molar-refractivity contribution in [3.05, 3.63) is 75.3 Å². The third-order valence-corrected chi connectivity index (χ3v) is 1.55. The number of hydrogen-bond donors (Lipinski definition) is 0. The van der Waals surface area contributed by atoms with Gasteiger partial charge in [-0.2, -0.15) is 13.2 Å². The minimum atomic E-state index is -4.29. The Bertz CT molecular complexity index is 440. The Morgan fingerprint density at radius 1 is 0.840 bits per heavy atom. The molecule has 0 unspecified atom stereocenters.